The van der Waals surface area contributed by atoms with Gasteiger partial charge < -0.3 is 5.32 Å². The Morgan fingerprint density at radius 3 is 2.46 bits per heavy atom. The van der Waals surface area contributed by atoms with Crippen LogP contribution in [0.2, 0.25) is 0 Å². The second kappa shape index (κ2) is 5.94. The zero-order valence-electron chi connectivity index (χ0n) is 8.00. The van der Waals surface area contributed by atoms with E-state index < -0.39 is 0 Å². The molecule has 0 spiro atoms. The molecule has 0 aromatic rings. The van der Waals surface area contributed by atoms with E-state index in [1.165, 1.54) is 6.20 Å². The highest BCUT2D eigenvalue weighted by atomic mass is 16.1. The number of amides is 1. The van der Waals surface area contributed by atoms with E-state index in [4.69, 9.17) is 0 Å². The molecule has 0 atom stereocenters. The standard InChI is InChI=1S/C10H14N2O/c1-5-8(3)7-9(12-6-2)10(13)11-4/h5-7H,1-2H2,3-4H3,(H,11,13)/b8-7-,12-9+. The summed E-state index contributed by atoms with van der Waals surface area (Å²) < 4.78 is 0. The number of carbonyl (C=O) groups excluding carboxylic acids is 1. The highest BCUT2D eigenvalue weighted by molar-refractivity contribution is 6.43. The number of carbonyl (C=O) groups is 1. The van der Waals surface area contributed by atoms with Crippen LogP contribution in [-0.4, -0.2) is 18.7 Å². The van der Waals surface area contributed by atoms with Gasteiger partial charge in [0.15, 0.2) is 0 Å². The summed E-state index contributed by atoms with van der Waals surface area (Å²) in [6.07, 6.45) is 4.63. The summed E-state index contributed by atoms with van der Waals surface area (Å²) in [4.78, 5) is 15.0. The minimum absolute atomic E-state index is 0.235. The summed E-state index contributed by atoms with van der Waals surface area (Å²) >= 11 is 0. The Balaban J connectivity index is 4.83. The number of hydrogen-bond donors (Lipinski definition) is 1. The van der Waals surface area contributed by atoms with E-state index in [0.29, 0.717) is 5.71 Å². The third-order valence-electron chi connectivity index (χ3n) is 1.38. The van der Waals surface area contributed by atoms with Crippen LogP contribution in [-0.2, 0) is 4.79 Å². The number of nitrogens with one attached hydrogen (secondary N) is 1. The van der Waals surface area contributed by atoms with Crippen LogP contribution in [0.3, 0.4) is 0 Å². The van der Waals surface area contributed by atoms with Gasteiger partial charge in [-0.3, -0.25) is 9.79 Å². The van der Waals surface area contributed by atoms with Crippen molar-refractivity contribution >= 4 is 11.6 Å². The van der Waals surface area contributed by atoms with Crippen molar-refractivity contribution in [3.05, 3.63) is 37.1 Å². The minimum Gasteiger partial charge on any atom is -0.354 e. The first-order valence-electron chi connectivity index (χ1n) is 3.87. The largest absolute Gasteiger partial charge is 0.354 e. The molecule has 0 fully saturated rings. The molecule has 1 amide bonds. The molecule has 0 aromatic heterocycles. The number of hydrogen-bond acceptors (Lipinski definition) is 2. The molecular formula is C10H14N2O. The van der Waals surface area contributed by atoms with E-state index in [1.807, 2.05) is 6.92 Å². The first-order valence-corrected chi connectivity index (χ1v) is 3.87. The molecule has 0 saturated carbocycles. The highest BCUT2D eigenvalue weighted by Gasteiger charge is 2.04. The number of rotatable bonds is 4. The Morgan fingerprint density at radius 2 is 2.08 bits per heavy atom. The van der Waals surface area contributed by atoms with E-state index in [-0.39, 0.29) is 5.91 Å². The van der Waals surface area contributed by atoms with Crippen LogP contribution in [0, 0.1) is 0 Å². The fourth-order valence-corrected chi connectivity index (χ4v) is 0.662. The molecule has 0 aromatic carbocycles. The van der Waals surface area contributed by atoms with Gasteiger partial charge in [0.25, 0.3) is 5.91 Å². The van der Waals surface area contributed by atoms with Crippen LogP contribution in [0.5, 0.6) is 0 Å². The quantitative estimate of drug-likeness (QED) is 0.513. The predicted octanol–water partition coefficient (Wildman–Crippen LogP) is 1.45. The lowest BCUT2D eigenvalue weighted by Crippen LogP contribution is -2.26. The molecule has 0 saturated heterocycles. The summed E-state index contributed by atoms with van der Waals surface area (Å²) in [6.45, 7) is 8.85. The van der Waals surface area contributed by atoms with Gasteiger partial charge in [0.05, 0.1) is 0 Å². The van der Waals surface area contributed by atoms with Gasteiger partial charge in [-0.15, -0.1) is 0 Å². The second-order valence-corrected chi connectivity index (χ2v) is 2.37. The molecule has 0 heterocycles. The summed E-state index contributed by atoms with van der Waals surface area (Å²) in [7, 11) is 1.55. The molecule has 0 radical (unpaired) electrons. The molecular weight excluding hydrogens is 164 g/mol. The smallest absolute Gasteiger partial charge is 0.269 e. The molecule has 0 rings (SSSR count). The SMILES string of the molecule is C=C/N=C(\C=C(\C)C=C)C(=O)NC. The van der Waals surface area contributed by atoms with Gasteiger partial charge in [-0.2, -0.15) is 0 Å². The second-order valence-electron chi connectivity index (χ2n) is 2.37. The van der Waals surface area contributed by atoms with E-state index >= 15 is 0 Å². The Bertz CT molecular complexity index is 275. The Morgan fingerprint density at radius 1 is 1.46 bits per heavy atom. The average molecular weight is 178 g/mol. The maximum atomic E-state index is 11.2. The Kier molecular flexibility index (Phi) is 5.19. The summed E-state index contributed by atoms with van der Waals surface area (Å²) in [5, 5.41) is 2.48. The van der Waals surface area contributed by atoms with Crippen molar-refractivity contribution in [2.24, 2.45) is 4.99 Å². The third kappa shape index (κ3) is 4.06. The third-order valence-corrected chi connectivity index (χ3v) is 1.38. The fourth-order valence-electron chi connectivity index (χ4n) is 0.662. The van der Waals surface area contributed by atoms with Crippen LogP contribution >= 0.6 is 0 Å². The van der Waals surface area contributed by atoms with Crippen molar-refractivity contribution in [2.45, 2.75) is 6.92 Å². The summed E-state index contributed by atoms with van der Waals surface area (Å²) in [5.74, 6) is -0.235. The van der Waals surface area contributed by atoms with Gasteiger partial charge >= 0.3 is 0 Å². The molecule has 0 unspecified atom stereocenters. The van der Waals surface area contributed by atoms with E-state index in [0.717, 1.165) is 5.57 Å². The normalized spacial score (nSPS) is 12.2. The molecule has 70 valence electrons. The van der Waals surface area contributed by atoms with Crippen LogP contribution in [0.15, 0.2) is 42.1 Å². The van der Waals surface area contributed by atoms with Crippen LogP contribution in [0.1, 0.15) is 6.92 Å². The molecule has 13 heavy (non-hydrogen) atoms. The first kappa shape index (κ1) is 11.4. The lowest BCUT2D eigenvalue weighted by Gasteiger charge is -1.98. The first-order chi connectivity index (χ1) is 6.15. The van der Waals surface area contributed by atoms with E-state index in [2.05, 4.69) is 23.5 Å². The van der Waals surface area contributed by atoms with Gasteiger partial charge in [0, 0.05) is 13.2 Å². The minimum atomic E-state index is -0.235. The van der Waals surface area contributed by atoms with Crippen LogP contribution in [0.25, 0.3) is 0 Å². The molecule has 0 bridgehead atoms. The van der Waals surface area contributed by atoms with Crippen LogP contribution < -0.4 is 5.32 Å². The van der Waals surface area contributed by atoms with Crippen molar-refractivity contribution < 1.29 is 4.79 Å². The molecule has 3 heteroatoms. The summed E-state index contributed by atoms with van der Waals surface area (Å²) in [6, 6.07) is 0. The highest BCUT2D eigenvalue weighted by Crippen LogP contribution is 1.95. The van der Waals surface area contributed by atoms with Crippen molar-refractivity contribution in [1.29, 1.82) is 0 Å². The predicted molar refractivity (Wildman–Crippen MR) is 55.7 cm³/mol. The van der Waals surface area contributed by atoms with Crippen LogP contribution in [0.4, 0.5) is 0 Å². The van der Waals surface area contributed by atoms with Gasteiger partial charge in [-0.05, 0) is 18.6 Å². The molecule has 3 nitrogen and oxygen atoms in total. The molecule has 0 aliphatic carbocycles. The Labute approximate surface area is 78.6 Å². The number of aliphatic imine (C=N–C) groups is 1. The van der Waals surface area contributed by atoms with E-state index in [9.17, 15) is 4.79 Å². The topological polar surface area (TPSA) is 41.5 Å². The maximum absolute atomic E-state index is 11.2. The summed E-state index contributed by atoms with van der Waals surface area (Å²) in [5.41, 5.74) is 1.21. The lowest BCUT2D eigenvalue weighted by molar-refractivity contribution is -0.114. The van der Waals surface area contributed by atoms with Crippen molar-refractivity contribution in [3.8, 4) is 0 Å². The molecule has 0 aliphatic heterocycles. The van der Waals surface area contributed by atoms with Crippen molar-refractivity contribution in [2.75, 3.05) is 7.05 Å². The average Bonchev–Trinajstić information content (AvgIpc) is 2.15. The molecule has 1 N–H and O–H groups in total. The number of nitrogens with zero attached hydrogens (tertiary/aromatic N) is 1. The van der Waals surface area contributed by atoms with Gasteiger partial charge in [0.1, 0.15) is 5.71 Å². The number of allylic oxidation sites excluding steroid dienone is 2. The zero-order valence-corrected chi connectivity index (χ0v) is 8.00. The van der Waals surface area contributed by atoms with Crippen molar-refractivity contribution in [3.63, 3.8) is 0 Å². The molecule has 0 aliphatic rings. The lowest BCUT2D eigenvalue weighted by atomic mass is 10.2. The monoisotopic (exact) mass is 178 g/mol. The maximum Gasteiger partial charge on any atom is 0.269 e. The van der Waals surface area contributed by atoms with Gasteiger partial charge in [-0.1, -0.05) is 19.2 Å². The fraction of sp³-hybridized carbons (Fsp3) is 0.200. The zero-order chi connectivity index (χ0) is 10.3. The van der Waals surface area contributed by atoms with Gasteiger partial charge in [-0.25, -0.2) is 0 Å². The van der Waals surface area contributed by atoms with E-state index in [1.54, 1.807) is 19.2 Å². The van der Waals surface area contributed by atoms with Gasteiger partial charge in [0.2, 0.25) is 0 Å². The van der Waals surface area contributed by atoms with Crippen molar-refractivity contribution in [1.82, 2.24) is 5.32 Å². The Hall–Kier alpha value is -1.64.